The van der Waals surface area contributed by atoms with Crippen LogP contribution in [0.1, 0.15) is 11.1 Å². The highest BCUT2D eigenvalue weighted by Crippen LogP contribution is 2.29. The molecule has 0 radical (unpaired) electrons. The maximum Gasteiger partial charge on any atom is 0.416 e. The minimum absolute atomic E-state index is 0.129. The van der Waals surface area contributed by atoms with E-state index in [2.05, 4.69) is 0 Å². The van der Waals surface area contributed by atoms with Gasteiger partial charge in [0.25, 0.3) is 0 Å². The molecule has 0 aromatic heterocycles. The Kier molecular flexibility index (Phi) is 4.70. The monoisotopic (exact) mass is 310 g/mol. The van der Waals surface area contributed by atoms with E-state index in [0.29, 0.717) is 11.3 Å². The molecule has 2 rings (SSSR count). The van der Waals surface area contributed by atoms with Crippen molar-refractivity contribution in [2.75, 3.05) is 7.11 Å². The summed E-state index contributed by atoms with van der Waals surface area (Å²) in [6.45, 7) is 0. The standard InChI is InChI=1S/C16H13F3O3/c1-21-13-4-2-3-5-14(13)22-15(20)10-11-6-8-12(9-7-11)16(17,18)19/h2-9H,10H2,1H3. The van der Waals surface area contributed by atoms with Gasteiger partial charge in [-0.2, -0.15) is 13.2 Å². The van der Waals surface area contributed by atoms with Gasteiger partial charge in [-0.3, -0.25) is 4.79 Å². The summed E-state index contributed by atoms with van der Waals surface area (Å²) in [5.41, 5.74) is -0.317. The summed E-state index contributed by atoms with van der Waals surface area (Å²) in [6, 6.07) is 11.0. The van der Waals surface area contributed by atoms with Gasteiger partial charge in [0.05, 0.1) is 19.1 Å². The molecule has 0 fully saturated rings. The molecule has 6 heteroatoms. The number of carbonyl (C=O) groups excluding carboxylic acids is 1. The van der Waals surface area contributed by atoms with Gasteiger partial charge in [-0.05, 0) is 29.8 Å². The molecule has 116 valence electrons. The number of carbonyl (C=O) groups is 1. The number of esters is 1. The van der Waals surface area contributed by atoms with Crippen LogP contribution in [0.15, 0.2) is 48.5 Å². The third kappa shape index (κ3) is 4.00. The first-order valence-electron chi connectivity index (χ1n) is 6.40. The van der Waals surface area contributed by atoms with E-state index in [1.807, 2.05) is 0 Å². The van der Waals surface area contributed by atoms with Crippen LogP contribution in [0.3, 0.4) is 0 Å². The van der Waals surface area contributed by atoms with E-state index in [4.69, 9.17) is 9.47 Å². The Labute approximate surface area is 125 Å². The zero-order chi connectivity index (χ0) is 16.2. The third-order valence-electron chi connectivity index (χ3n) is 2.92. The van der Waals surface area contributed by atoms with Crippen LogP contribution in [-0.4, -0.2) is 13.1 Å². The number of ether oxygens (including phenoxy) is 2. The SMILES string of the molecule is COc1ccccc1OC(=O)Cc1ccc(C(F)(F)F)cc1. The zero-order valence-electron chi connectivity index (χ0n) is 11.7. The van der Waals surface area contributed by atoms with Gasteiger partial charge in [0, 0.05) is 0 Å². The molecular formula is C16H13F3O3. The van der Waals surface area contributed by atoms with Crippen molar-refractivity contribution >= 4 is 5.97 Å². The lowest BCUT2D eigenvalue weighted by Gasteiger charge is -2.09. The summed E-state index contributed by atoms with van der Waals surface area (Å²) in [5.74, 6) is 0.0921. The van der Waals surface area contributed by atoms with Gasteiger partial charge in [0.2, 0.25) is 0 Å². The number of para-hydroxylation sites is 2. The van der Waals surface area contributed by atoms with E-state index in [1.54, 1.807) is 24.3 Å². The molecule has 0 unspecified atom stereocenters. The van der Waals surface area contributed by atoms with Crippen molar-refractivity contribution in [2.45, 2.75) is 12.6 Å². The maximum absolute atomic E-state index is 12.4. The Bertz CT molecular complexity index is 648. The van der Waals surface area contributed by atoms with Crippen molar-refractivity contribution in [3.8, 4) is 11.5 Å². The highest BCUT2D eigenvalue weighted by atomic mass is 19.4. The fourth-order valence-electron chi connectivity index (χ4n) is 1.84. The molecule has 0 atom stereocenters. The minimum atomic E-state index is -4.39. The molecule has 2 aromatic carbocycles. The van der Waals surface area contributed by atoms with Crippen LogP contribution in [0.5, 0.6) is 11.5 Å². The average molecular weight is 310 g/mol. The molecule has 3 nitrogen and oxygen atoms in total. The van der Waals surface area contributed by atoms with Crippen molar-refractivity contribution in [3.05, 3.63) is 59.7 Å². The quantitative estimate of drug-likeness (QED) is 0.635. The zero-order valence-corrected chi connectivity index (χ0v) is 11.7. The molecule has 22 heavy (non-hydrogen) atoms. The Morgan fingerprint density at radius 1 is 1.00 bits per heavy atom. The fraction of sp³-hybridized carbons (Fsp3) is 0.188. The van der Waals surface area contributed by atoms with Gasteiger partial charge in [-0.1, -0.05) is 24.3 Å². The maximum atomic E-state index is 12.4. The van der Waals surface area contributed by atoms with E-state index in [-0.39, 0.29) is 12.2 Å². The van der Waals surface area contributed by atoms with Crippen LogP contribution < -0.4 is 9.47 Å². The Morgan fingerprint density at radius 3 is 2.14 bits per heavy atom. The summed E-state index contributed by atoms with van der Waals surface area (Å²) in [7, 11) is 1.45. The first kappa shape index (κ1) is 15.9. The van der Waals surface area contributed by atoms with E-state index >= 15 is 0 Å². The number of benzene rings is 2. The molecule has 0 heterocycles. The van der Waals surface area contributed by atoms with Gasteiger partial charge in [-0.25, -0.2) is 0 Å². The number of halogens is 3. The van der Waals surface area contributed by atoms with E-state index < -0.39 is 17.7 Å². The summed E-state index contributed by atoms with van der Waals surface area (Å²) in [6.07, 6.45) is -4.52. The first-order valence-corrected chi connectivity index (χ1v) is 6.40. The molecule has 2 aromatic rings. The lowest BCUT2D eigenvalue weighted by atomic mass is 10.1. The second-order valence-electron chi connectivity index (χ2n) is 4.50. The second kappa shape index (κ2) is 6.51. The normalized spacial score (nSPS) is 11.1. The predicted octanol–water partition coefficient (Wildman–Crippen LogP) is 3.86. The van der Waals surface area contributed by atoms with E-state index in [9.17, 15) is 18.0 Å². The van der Waals surface area contributed by atoms with Gasteiger partial charge in [0.1, 0.15) is 0 Å². The van der Waals surface area contributed by atoms with Crippen LogP contribution in [0, 0.1) is 0 Å². The first-order chi connectivity index (χ1) is 10.4. The topological polar surface area (TPSA) is 35.5 Å². The van der Waals surface area contributed by atoms with Crippen LogP contribution >= 0.6 is 0 Å². The second-order valence-corrected chi connectivity index (χ2v) is 4.50. The number of rotatable bonds is 4. The van der Waals surface area contributed by atoms with Crippen molar-refractivity contribution in [1.29, 1.82) is 0 Å². The lowest BCUT2D eigenvalue weighted by Crippen LogP contribution is -2.12. The minimum Gasteiger partial charge on any atom is -0.493 e. The van der Waals surface area contributed by atoms with Crippen molar-refractivity contribution in [2.24, 2.45) is 0 Å². The summed E-state index contributed by atoms with van der Waals surface area (Å²) < 4.78 is 47.5. The van der Waals surface area contributed by atoms with Crippen LogP contribution in [-0.2, 0) is 17.4 Å². The fourth-order valence-corrected chi connectivity index (χ4v) is 1.84. The number of methoxy groups -OCH3 is 1. The van der Waals surface area contributed by atoms with Crippen LogP contribution in [0.4, 0.5) is 13.2 Å². The lowest BCUT2D eigenvalue weighted by molar-refractivity contribution is -0.137. The molecule has 0 N–H and O–H groups in total. The summed E-state index contributed by atoms with van der Waals surface area (Å²) in [5, 5.41) is 0. The van der Waals surface area contributed by atoms with E-state index in [0.717, 1.165) is 12.1 Å². The number of hydrogen-bond donors (Lipinski definition) is 0. The molecule has 0 saturated carbocycles. The van der Waals surface area contributed by atoms with Gasteiger partial charge < -0.3 is 9.47 Å². The Hall–Kier alpha value is -2.50. The van der Waals surface area contributed by atoms with Crippen molar-refractivity contribution in [3.63, 3.8) is 0 Å². The Balaban J connectivity index is 2.03. The smallest absolute Gasteiger partial charge is 0.416 e. The molecule has 0 aliphatic carbocycles. The average Bonchev–Trinajstić information content (AvgIpc) is 2.47. The van der Waals surface area contributed by atoms with Crippen molar-refractivity contribution < 1.29 is 27.4 Å². The van der Waals surface area contributed by atoms with Gasteiger partial charge >= 0.3 is 12.1 Å². The predicted molar refractivity (Wildman–Crippen MR) is 73.8 cm³/mol. The number of alkyl halides is 3. The van der Waals surface area contributed by atoms with Gasteiger partial charge in [-0.15, -0.1) is 0 Å². The molecule has 0 amide bonds. The highest BCUT2D eigenvalue weighted by molar-refractivity contribution is 5.75. The summed E-state index contributed by atoms with van der Waals surface area (Å²) in [4.78, 5) is 11.8. The van der Waals surface area contributed by atoms with Crippen molar-refractivity contribution in [1.82, 2.24) is 0 Å². The van der Waals surface area contributed by atoms with Crippen LogP contribution in [0.2, 0.25) is 0 Å². The third-order valence-corrected chi connectivity index (χ3v) is 2.92. The van der Waals surface area contributed by atoms with Gasteiger partial charge in [0.15, 0.2) is 11.5 Å². The van der Waals surface area contributed by atoms with Crippen LogP contribution in [0.25, 0.3) is 0 Å². The Morgan fingerprint density at radius 2 is 1.59 bits per heavy atom. The molecule has 0 spiro atoms. The molecule has 0 bridgehead atoms. The highest BCUT2D eigenvalue weighted by Gasteiger charge is 2.30. The summed E-state index contributed by atoms with van der Waals surface area (Å²) >= 11 is 0. The molecule has 0 aliphatic heterocycles. The molecule has 0 aliphatic rings. The largest absolute Gasteiger partial charge is 0.493 e. The molecular weight excluding hydrogens is 297 g/mol. The molecule has 0 saturated heterocycles. The van der Waals surface area contributed by atoms with E-state index in [1.165, 1.54) is 19.2 Å². The number of hydrogen-bond acceptors (Lipinski definition) is 3.